The van der Waals surface area contributed by atoms with Crippen LogP contribution >= 0.6 is 0 Å². The Morgan fingerprint density at radius 2 is 1.96 bits per heavy atom. The van der Waals surface area contributed by atoms with Crippen LogP contribution in [0.5, 0.6) is 0 Å². The maximum absolute atomic E-state index is 12.0. The van der Waals surface area contributed by atoms with E-state index in [1.165, 1.54) is 12.2 Å². The van der Waals surface area contributed by atoms with Crippen LogP contribution in [0.3, 0.4) is 0 Å². The molecule has 9 heteroatoms. The minimum Gasteiger partial charge on any atom is -0.444 e. The van der Waals surface area contributed by atoms with Crippen molar-refractivity contribution < 1.29 is 19.1 Å². The topological polar surface area (TPSA) is 104 Å². The van der Waals surface area contributed by atoms with E-state index in [2.05, 4.69) is 20.4 Å². The van der Waals surface area contributed by atoms with Gasteiger partial charge in [0.1, 0.15) is 5.60 Å². The van der Waals surface area contributed by atoms with E-state index in [9.17, 15) is 14.4 Å². The van der Waals surface area contributed by atoms with E-state index in [0.29, 0.717) is 26.2 Å². The number of azo groups is 1. The fraction of sp³-hybridized carbons (Fsp3) is 0.688. The van der Waals surface area contributed by atoms with Crippen molar-refractivity contribution >= 4 is 17.9 Å². The molecule has 1 unspecified atom stereocenters. The number of nitrogens with one attached hydrogen (secondary N) is 1. The first-order chi connectivity index (χ1) is 11.7. The minimum absolute atomic E-state index is 0.278. The highest BCUT2D eigenvalue weighted by molar-refractivity contribution is 5.92. The predicted molar refractivity (Wildman–Crippen MR) is 90.0 cm³/mol. The Hall–Kier alpha value is -2.29. The van der Waals surface area contributed by atoms with Crippen molar-refractivity contribution in [3.05, 3.63) is 12.2 Å². The van der Waals surface area contributed by atoms with Crippen molar-refractivity contribution in [2.45, 2.75) is 32.4 Å². The van der Waals surface area contributed by atoms with Gasteiger partial charge in [-0.1, -0.05) is 0 Å². The maximum Gasteiger partial charge on any atom is 0.410 e. The average molecular weight is 351 g/mol. The number of hydrogen-bond donors (Lipinski definition) is 1. The summed E-state index contributed by atoms with van der Waals surface area (Å²) in [5.74, 6) is -0.730. The minimum atomic E-state index is -0.735. The summed E-state index contributed by atoms with van der Waals surface area (Å²) >= 11 is 0. The Kier molecular flexibility index (Phi) is 6.24. The molecule has 1 N–H and O–H groups in total. The molecule has 25 heavy (non-hydrogen) atoms. The lowest BCUT2D eigenvalue weighted by Gasteiger charge is -2.35. The summed E-state index contributed by atoms with van der Waals surface area (Å²) in [4.78, 5) is 38.7. The first kappa shape index (κ1) is 19.0. The van der Waals surface area contributed by atoms with Gasteiger partial charge in [-0.05, 0) is 26.8 Å². The molecule has 0 radical (unpaired) electrons. The zero-order chi connectivity index (χ0) is 18.4. The third-order valence-electron chi connectivity index (χ3n) is 3.72. The lowest BCUT2D eigenvalue weighted by molar-refractivity contribution is -0.121. The number of rotatable bonds is 4. The second-order valence-electron chi connectivity index (χ2n) is 6.96. The molecule has 9 nitrogen and oxygen atoms in total. The van der Waals surface area contributed by atoms with Crippen LogP contribution in [0.1, 0.15) is 20.8 Å². The van der Waals surface area contributed by atoms with Gasteiger partial charge in [-0.3, -0.25) is 14.5 Å². The normalized spacial score (nSPS) is 21.3. The van der Waals surface area contributed by atoms with Crippen LogP contribution < -0.4 is 5.32 Å². The third-order valence-corrected chi connectivity index (χ3v) is 3.72. The van der Waals surface area contributed by atoms with Crippen molar-refractivity contribution in [2.75, 3.05) is 39.3 Å². The number of piperazine rings is 1. The Morgan fingerprint density at radius 1 is 1.28 bits per heavy atom. The second-order valence-corrected chi connectivity index (χ2v) is 6.96. The van der Waals surface area contributed by atoms with E-state index in [0.717, 1.165) is 13.1 Å². The Balaban J connectivity index is 1.65. The van der Waals surface area contributed by atoms with Crippen LogP contribution in [0.2, 0.25) is 0 Å². The summed E-state index contributed by atoms with van der Waals surface area (Å²) in [6.45, 7) is 9.36. The number of carbonyl (C=O) groups excluding carboxylic acids is 3. The standard InChI is InChI=1S/C16H25N5O4/c1-16(2,3)25-15(24)21-10-8-20(9-11-21)7-6-17-14(23)12-4-5-13(22)19-18-12/h4-5,12H,6-11H2,1-3H3,(H,17,23). The fourth-order valence-electron chi connectivity index (χ4n) is 2.43. The molecule has 138 valence electrons. The molecule has 0 aliphatic carbocycles. The Morgan fingerprint density at radius 3 is 2.52 bits per heavy atom. The summed E-state index contributed by atoms with van der Waals surface area (Å²) in [5, 5.41) is 9.78. The second kappa shape index (κ2) is 8.19. The highest BCUT2D eigenvalue weighted by Gasteiger charge is 2.26. The Labute approximate surface area is 147 Å². The van der Waals surface area contributed by atoms with Gasteiger partial charge in [0.2, 0.25) is 0 Å². The first-order valence-corrected chi connectivity index (χ1v) is 8.35. The number of hydrogen-bond acceptors (Lipinski definition) is 6. The molecule has 1 fully saturated rings. The van der Waals surface area contributed by atoms with Crippen LogP contribution in [-0.4, -0.2) is 78.6 Å². The lowest BCUT2D eigenvalue weighted by Crippen LogP contribution is -2.51. The lowest BCUT2D eigenvalue weighted by atomic mass is 10.2. The van der Waals surface area contributed by atoms with Crippen molar-refractivity contribution in [1.29, 1.82) is 0 Å². The maximum atomic E-state index is 12.0. The van der Waals surface area contributed by atoms with E-state index in [4.69, 9.17) is 4.74 Å². The first-order valence-electron chi connectivity index (χ1n) is 8.35. The molecule has 1 saturated heterocycles. The van der Waals surface area contributed by atoms with Gasteiger partial charge in [-0.25, -0.2) is 4.79 Å². The Bertz CT molecular complexity index is 558. The number of carbonyl (C=O) groups is 3. The van der Waals surface area contributed by atoms with Crippen molar-refractivity contribution in [2.24, 2.45) is 10.2 Å². The molecule has 1 atom stereocenters. The molecule has 0 aromatic heterocycles. The molecule has 0 aromatic carbocycles. The third kappa shape index (κ3) is 6.26. The average Bonchev–Trinajstić information content (AvgIpc) is 2.54. The molecule has 2 heterocycles. The molecule has 3 amide bonds. The summed E-state index contributed by atoms with van der Waals surface area (Å²) in [7, 11) is 0. The number of nitrogens with zero attached hydrogens (tertiary/aromatic N) is 4. The molecule has 0 bridgehead atoms. The molecule has 0 spiro atoms. The van der Waals surface area contributed by atoms with Gasteiger partial charge >= 0.3 is 6.09 Å². The number of amides is 3. The smallest absolute Gasteiger partial charge is 0.410 e. The van der Waals surface area contributed by atoms with Gasteiger partial charge in [0.15, 0.2) is 6.04 Å². The zero-order valence-corrected chi connectivity index (χ0v) is 14.9. The summed E-state index contributed by atoms with van der Waals surface area (Å²) < 4.78 is 5.36. The largest absolute Gasteiger partial charge is 0.444 e. The summed E-state index contributed by atoms with van der Waals surface area (Å²) in [5.41, 5.74) is -0.492. The summed E-state index contributed by atoms with van der Waals surface area (Å²) in [6.07, 6.45) is 2.39. The summed E-state index contributed by atoms with van der Waals surface area (Å²) in [6, 6.07) is -0.735. The molecule has 2 rings (SSSR count). The van der Waals surface area contributed by atoms with Crippen LogP contribution in [-0.2, 0) is 14.3 Å². The molecule has 2 aliphatic rings. The van der Waals surface area contributed by atoms with Crippen molar-refractivity contribution in [3.63, 3.8) is 0 Å². The van der Waals surface area contributed by atoms with Gasteiger partial charge in [0.25, 0.3) is 11.8 Å². The van der Waals surface area contributed by atoms with E-state index >= 15 is 0 Å². The van der Waals surface area contributed by atoms with Crippen molar-refractivity contribution in [3.8, 4) is 0 Å². The SMILES string of the molecule is CC(C)(C)OC(=O)N1CCN(CCNC(=O)C2C=CC(=O)N=N2)CC1. The van der Waals surface area contributed by atoms with Gasteiger partial charge in [-0.15, -0.1) is 5.11 Å². The van der Waals surface area contributed by atoms with Gasteiger partial charge in [0, 0.05) is 45.3 Å². The van der Waals surface area contributed by atoms with E-state index in [1.54, 1.807) is 4.90 Å². The van der Waals surface area contributed by atoms with Crippen LogP contribution in [0.4, 0.5) is 4.79 Å². The van der Waals surface area contributed by atoms with E-state index in [1.807, 2.05) is 20.8 Å². The fourth-order valence-corrected chi connectivity index (χ4v) is 2.43. The molecule has 2 aliphatic heterocycles. The highest BCUT2D eigenvalue weighted by atomic mass is 16.6. The zero-order valence-electron chi connectivity index (χ0n) is 14.9. The number of ether oxygens (including phenoxy) is 1. The van der Waals surface area contributed by atoms with Gasteiger partial charge < -0.3 is 15.0 Å². The van der Waals surface area contributed by atoms with Crippen LogP contribution in [0.25, 0.3) is 0 Å². The monoisotopic (exact) mass is 351 g/mol. The molecule has 0 aromatic rings. The highest BCUT2D eigenvalue weighted by Crippen LogP contribution is 2.11. The van der Waals surface area contributed by atoms with Gasteiger partial charge in [0.05, 0.1) is 0 Å². The van der Waals surface area contributed by atoms with Crippen molar-refractivity contribution in [1.82, 2.24) is 15.1 Å². The molecular formula is C16H25N5O4. The van der Waals surface area contributed by atoms with E-state index < -0.39 is 17.6 Å². The molecular weight excluding hydrogens is 326 g/mol. The van der Waals surface area contributed by atoms with E-state index in [-0.39, 0.29) is 12.0 Å². The quantitative estimate of drug-likeness (QED) is 0.797. The van der Waals surface area contributed by atoms with Crippen LogP contribution in [0.15, 0.2) is 22.4 Å². The predicted octanol–water partition coefficient (Wildman–Crippen LogP) is 0.573. The van der Waals surface area contributed by atoms with Crippen LogP contribution in [0, 0.1) is 0 Å². The molecule has 0 saturated carbocycles. The van der Waals surface area contributed by atoms with Gasteiger partial charge in [-0.2, -0.15) is 5.11 Å².